The van der Waals surface area contributed by atoms with Crippen molar-refractivity contribution in [2.75, 3.05) is 37.4 Å². The molecular weight excluding hydrogens is 502 g/mol. The van der Waals surface area contributed by atoms with Crippen LogP contribution in [0.3, 0.4) is 0 Å². The topological polar surface area (TPSA) is 117 Å². The Morgan fingerprint density at radius 3 is 2.67 bits per heavy atom. The normalized spacial score (nSPS) is 15.9. The van der Waals surface area contributed by atoms with Gasteiger partial charge in [0.2, 0.25) is 0 Å². The molecule has 2 atom stereocenters. The van der Waals surface area contributed by atoms with Gasteiger partial charge in [0.1, 0.15) is 18.0 Å². The zero-order valence-corrected chi connectivity index (χ0v) is 23.2. The molecular formula is C31H35N7O2. The molecule has 206 valence electrons. The Balaban J connectivity index is 1.39. The molecule has 40 heavy (non-hydrogen) atoms. The number of likely N-dealkylation sites (N-methyl/N-ethyl adjacent to an activating group) is 1. The fourth-order valence-electron chi connectivity index (χ4n) is 5.40. The molecule has 0 aliphatic carbocycles. The van der Waals surface area contributed by atoms with E-state index in [0.717, 1.165) is 41.7 Å². The Labute approximate surface area is 234 Å². The van der Waals surface area contributed by atoms with Crippen molar-refractivity contribution in [1.82, 2.24) is 19.9 Å². The number of carbonyl (C=O) groups is 2. The van der Waals surface area contributed by atoms with E-state index in [9.17, 15) is 9.59 Å². The van der Waals surface area contributed by atoms with Crippen molar-refractivity contribution in [2.24, 2.45) is 5.73 Å². The van der Waals surface area contributed by atoms with E-state index >= 15 is 0 Å². The van der Waals surface area contributed by atoms with Gasteiger partial charge in [0.25, 0.3) is 5.91 Å². The summed E-state index contributed by atoms with van der Waals surface area (Å²) in [4.78, 5) is 42.9. The SMILES string of the molecule is CC1CCCN1c1cc(C(=O)Cc2cccc(C(CN(C)C)Nc3ncnc4c(C(N)=O)cccc34)c2)ccn1. The van der Waals surface area contributed by atoms with Crippen LogP contribution in [0.25, 0.3) is 10.9 Å². The van der Waals surface area contributed by atoms with Gasteiger partial charge >= 0.3 is 0 Å². The van der Waals surface area contributed by atoms with Crippen LogP contribution in [0.4, 0.5) is 11.6 Å². The van der Waals surface area contributed by atoms with E-state index < -0.39 is 5.91 Å². The lowest BCUT2D eigenvalue weighted by Gasteiger charge is -2.24. The number of anilines is 2. The van der Waals surface area contributed by atoms with Crippen LogP contribution in [0.1, 0.15) is 57.7 Å². The van der Waals surface area contributed by atoms with Crippen molar-refractivity contribution in [2.45, 2.75) is 38.3 Å². The fourth-order valence-corrected chi connectivity index (χ4v) is 5.40. The first-order valence-corrected chi connectivity index (χ1v) is 13.6. The number of benzene rings is 2. The third-order valence-corrected chi connectivity index (χ3v) is 7.42. The van der Waals surface area contributed by atoms with Crippen LogP contribution >= 0.6 is 0 Å². The first-order valence-electron chi connectivity index (χ1n) is 13.6. The lowest BCUT2D eigenvalue weighted by atomic mass is 9.98. The number of Topliss-reactive ketones (excluding diaryl/α,β-unsaturated/α-hetero) is 1. The van der Waals surface area contributed by atoms with Gasteiger partial charge < -0.3 is 20.9 Å². The molecule has 4 aromatic rings. The molecule has 0 saturated carbocycles. The summed E-state index contributed by atoms with van der Waals surface area (Å²) >= 11 is 0. The van der Waals surface area contributed by atoms with Gasteiger partial charge in [-0.2, -0.15) is 0 Å². The second-order valence-corrected chi connectivity index (χ2v) is 10.7. The van der Waals surface area contributed by atoms with Crippen LogP contribution in [-0.4, -0.2) is 64.8 Å². The number of primary amides is 1. The number of hydrogen-bond acceptors (Lipinski definition) is 8. The first-order chi connectivity index (χ1) is 19.3. The maximum atomic E-state index is 13.3. The van der Waals surface area contributed by atoms with E-state index in [0.29, 0.717) is 41.5 Å². The molecule has 2 aromatic heterocycles. The lowest BCUT2D eigenvalue weighted by molar-refractivity contribution is 0.0988. The van der Waals surface area contributed by atoms with Gasteiger partial charge in [0.05, 0.1) is 17.1 Å². The molecule has 2 unspecified atom stereocenters. The molecule has 3 heterocycles. The number of nitrogens with two attached hydrogens (primary N) is 1. The van der Waals surface area contributed by atoms with Crippen LogP contribution in [0.2, 0.25) is 0 Å². The monoisotopic (exact) mass is 537 g/mol. The van der Waals surface area contributed by atoms with E-state index in [1.807, 2.05) is 44.4 Å². The van der Waals surface area contributed by atoms with Crippen LogP contribution < -0.4 is 16.0 Å². The molecule has 5 rings (SSSR count). The molecule has 0 radical (unpaired) electrons. The summed E-state index contributed by atoms with van der Waals surface area (Å²) in [7, 11) is 4.02. The van der Waals surface area contributed by atoms with E-state index in [1.54, 1.807) is 24.4 Å². The zero-order chi connectivity index (χ0) is 28.2. The van der Waals surface area contributed by atoms with Crippen molar-refractivity contribution in [1.29, 1.82) is 0 Å². The van der Waals surface area contributed by atoms with Crippen molar-refractivity contribution >= 4 is 34.2 Å². The zero-order valence-electron chi connectivity index (χ0n) is 23.2. The Hall–Kier alpha value is -4.37. The minimum atomic E-state index is -0.534. The first kappa shape index (κ1) is 27.2. The lowest BCUT2D eigenvalue weighted by Crippen LogP contribution is -2.27. The molecule has 0 spiro atoms. The summed E-state index contributed by atoms with van der Waals surface area (Å²) in [5.41, 5.74) is 9.07. The van der Waals surface area contributed by atoms with E-state index in [2.05, 4.69) is 43.1 Å². The second-order valence-electron chi connectivity index (χ2n) is 10.7. The molecule has 9 heteroatoms. The molecule has 1 saturated heterocycles. The maximum Gasteiger partial charge on any atom is 0.250 e. The summed E-state index contributed by atoms with van der Waals surface area (Å²) in [6.45, 7) is 3.85. The molecule has 1 aliphatic heterocycles. The predicted molar refractivity (Wildman–Crippen MR) is 158 cm³/mol. The number of amides is 1. The molecule has 0 bridgehead atoms. The number of rotatable bonds is 10. The number of aromatic nitrogens is 3. The van der Waals surface area contributed by atoms with E-state index in [4.69, 9.17) is 5.73 Å². The van der Waals surface area contributed by atoms with Crippen LogP contribution in [0, 0.1) is 0 Å². The molecule has 1 fully saturated rings. The Morgan fingerprint density at radius 2 is 1.93 bits per heavy atom. The van der Waals surface area contributed by atoms with Gasteiger partial charge in [-0.3, -0.25) is 9.59 Å². The highest BCUT2D eigenvalue weighted by Gasteiger charge is 2.23. The highest BCUT2D eigenvalue weighted by atomic mass is 16.1. The Kier molecular flexibility index (Phi) is 8.02. The van der Waals surface area contributed by atoms with Crippen molar-refractivity contribution in [3.05, 3.63) is 89.4 Å². The summed E-state index contributed by atoms with van der Waals surface area (Å²) in [5.74, 6) is 1.01. The number of fused-ring (bicyclic) bond motifs is 1. The van der Waals surface area contributed by atoms with Gasteiger partial charge in [-0.25, -0.2) is 15.0 Å². The molecule has 1 amide bonds. The number of ketones is 1. The third-order valence-electron chi connectivity index (χ3n) is 7.42. The fraction of sp³-hybridized carbons (Fsp3) is 0.323. The highest BCUT2D eigenvalue weighted by Crippen LogP contribution is 2.28. The summed E-state index contributed by atoms with van der Waals surface area (Å²) in [5, 5.41) is 4.26. The summed E-state index contributed by atoms with van der Waals surface area (Å²) in [6, 6.07) is 17.4. The third kappa shape index (κ3) is 5.94. The number of hydrogen-bond donors (Lipinski definition) is 2. The van der Waals surface area contributed by atoms with Gasteiger partial charge in [0.15, 0.2) is 5.78 Å². The van der Waals surface area contributed by atoms with Gasteiger partial charge in [-0.1, -0.05) is 30.3 Å². The number of para-hydroxylation sites is 1. The van der Waals surface area contributed by atoms with Gasteiger partial charge in [-0.15, -0.1) is 0 Å². The average molecular weight is 538 g/mol. The molecule has 2 aromatic carbocycles. The smallest absolute Gasteiger partial charge is 0.250 e. The van der Waals surface area contributed by atoms with Crippen LogP contribution in [-0.2, 0) is 6.42 Å². The minimum absolute atomic E-state index is 0.0607. The maximum absolute atomic E-state index is 13.3. The largest absolute Gasteiger partial charge is 0.366 e. The number of nitrogens with one attached hydrogen (secondary N) is 1. The van der Waals surface area contributed by atoms with E-state index in [-0.39, 0.29) is 11.8 Å². The highest BCUT2D eigenvalue weighted by molar-refractivity contribution is 6.06. The van der Waals surface area contributed by atoms with Crippen molar-refractivity contribution in [3.8, 4) is 0 Å². The standard InChI is InChI=1S/C31H35N7O2/c1-20-7-6-14-38(20)28-17-23(12-13-33-28)27(39)16-21-8-4-9-22(15-21)26(18-37(2)3)36-31-25-11-5-10-24(30(32)40)29(25)34-19-35-31/h4-5,8-13,15,17,19-20,26H,6-7,14,16,18H2,1-3H3,(H2,32,40)(H,34,35,36). The van der Waals surface area contributed by atoms with Crippen molar-refractivity contribution in [3.63, 3.8) is 0 Å². The van der Waals surface area contributed by atoms with Crippen LogP contribution in [0.15, 0.2) is 67.1 Å². The second kappa shape index (κ2) is 11.8. The number of carbonyl (C=O) groups excluding carboxylic acids is 2. The predicted octanol–water partition coefficient (Wildman–Crippen LogP) is 4.25. The summed E-state index contributed by atoms with van der Waals surface area (Å²) in [6.07, 6.45) is 5.75. The molecule has 1 aliphatic rings. The van der Waals surface area contributed by atoms with Gasteiger partial charge in [0, 0.05) is 42.7 Å². The number of pyridine rings is 1. The van der Waals surface area contributed by atoms with Crippen molar-refractivity contribution < 1.29 is 9.59 Å². The summed E-state index contributed by atoms with van der Waals surface area (Å²) < 4.78 is 0. The minimum Gasteiger partial charge on any atom is -0.366 e. The average Bonchev–Trinajstić information content (AvgIpc) is 3.38. The Morgan fingerprint density at radius 1 is 1.10 bits per heavy atom. The van der Waals surface area contributed by atoms with Crippen LogP contribution in [0.5, 0.6) is 0 Å². The Bertz CT molecular complexity index is 1540. The number of nitrogens with zero attached hydrogens (tertiary/aromatic N) is 5. The quantitative estimate of drug-likeness (QED) is 0.288. The molecule has 9 nitrogen and oxygen atoms in total. The molecule has 3 N–H and O–H groups in total. The van der Waals surface area contributed by atoms with Gasteiger partial charge in [-0.05, 0) is 69.3 Å². The van der Waals surface area contributed by atoms with E-state index in [1.165, 1.54) is 6.33 Å².